The molecule has 0 aliphatic rings. The van der Waals surface area contributed by atoms with Crippen LogP contribution in [-0.2, 0) is 4.74 Å². The number of hydrogen-bond acceptors (Lipinski definition) is 4. The van der Waals surface area contributed by atoms with Crippen molar-refractivity contribution in [3.05, 3.63) is 35.0 Å². The van der Waals surface area contributed by atoms with E-state index in [4.69, 9.17) is 16.3 Å². The van der Waals surface area contributed by atoms with Crippen molar-refractivity contribution in [3.63, 3.8) is 0 Å². The summed E-state index contributed by atoms with van der Waals surface area (Å²) in [5, 5.41) is 1.22. The highest BCUT2D eigenvalue weighted by atomic mass is 35.5. The Morgan fingerprint density at radius 3 is 2.67 bits per heavy atom. The molecule has 0 fully saturated rings. The van der Waals surface area contributed by atoms with Crippen LogP contribution < -0.4 is 4.74 Å². The van der Waals surface area contributed by atoms with E-state index in [1.807, 2.05) is 0 Å². The summed E-state index contributed by atoms with van der Waals surface area (Å²) in [7, 11) is 2.80. The molecule has 4 nitrogen and oxygen atoms in total. The summed E-state index contributed by atoms with van der Waals surface area (Å²) in [6.45, 7) is 0. The Kier molecular flexibility index (Phi) is 4.76. The van der Waals surface area contributed by atoms with Crippen molar-refractivity contribution in [3.8, 4) is 5.75 Å². The molecule has 1 aromatic carbocycles. The van der Waals surface area contributed by atoms with Gasteiger partial charge in [-0.25, -0.2) is 4.79 Å². The van der Waals surface area contributed by atoms with Gasteiger partial charge in [0.15, 0.2) is 0 Å². The van der Waals surface area contributed by atoms with Crippen molar-refractivity contribution in [1.29, 1.82) is 0 Å². The van der Waals surface area contributed by atoms with Crippen molar-refractivity contribution in [2.24, 2.45) is 0 Å². The number of pyridine rings is 1. The molecule has 0 amide bonds. The van der Waals surface area contributed by atoms with Crippen LogP contribution in [0.25, 0.3) is 10.9 Å². The molecule has 0 spiro atoms. The third-order valence-electron chi connectivity index (χ3n) is 2.41. The zero-order valence-corrected chi connectivity index (χ0v) is 11.3. The summed E-state index contributed by atoms with van der Waals surface area (Å²) in [5.74, 6) is -0.0530. The number of nitrogens with zero attached hydrogens (tertiary/aromatic N) is 1. The highest BCUT2D eigenvalue weighted by Crippen LogP contribution is 2.29. The van der Waals surface area contributed by atoms with Gasteiger partial charge in [0, 0.05) is 17.6 Å². The van der Waals surface area contributed by atoms with Crippen LogP contribution in [0.15, 0.2) is 24.4 Å². The molecule has 0 atom stereocenters. The molecule has 0 N–H and O–H groups in total. The van der Waals surface area contributed by atoms with E-state index in [0.29, 0.717) is 27.2 Å². The topological polar surface area (TPSA) is 48.4 Å². The van der Waals surface area contributed by atoms with Gasteiger partial charge >= 0.3 is 5.97 Å². The van der Waals surface area contributed by atoms with Gasteiger partial charge in [-0.15, -0.1) is 12.4 Å². The average molecular weight is 288 g/mol. The van der Waals surface area contributed by atoms with E-state index in [9.17, 15) is 4.79 Å². The van der Waals surface area contributed by atoms with Gasteiger partial charge in [-0.3, -0.25) is 4.98 Å². The molecule has 96 valence electrons. The molecule has 6 heteroatoms. The Labute approximate surface area is 115 Å². The molecular weight excluding hydrogens is 277 g/mol. The van der Waals surface area contributed by atoms with Crippen molar-refractivity contribution in [2.75, 3.05) is 14.2 Å². The summed E-state index contributed by atoms with van der Waals surface area (Å²) in [6.07, 6.45) is 1.60. The second-order valence-corrected chi connectivity index (χ2v) is 3.76. The molecule has 0 bridgehead atoms. The van der Waals surface area contributed by atoms with Crippen LogP contribution in [0, 0.1) is 0 Å². The summed E-state index contributed by atoms with van der Waals surface area (Å²) < 4.78 is 9.82. The van der Waals surface area contributed by atoms with Crippen LogP contribution in [0.5, 0.6) is 5.75 Å². The first-order valence-electron chi connectivity index (χ1n) is 4.88. The highest BCUT2D eigenvalue weighted by Gasteiger charge is 2.15. The van der Waals surface area contributed by atoms with E-state index in [1.165, 1.54) is 14.2 Å². The maximum Gasteiger partial charge on any atom is 0.341 e. The number of hydrogen-bond donors (Lipinski definition) is 0. The highest BCUT2D eigenvalue weighted by molar-refractivity contribution is 6.35. The number of esters is 1. The number of halogens is 2. The number of benzene rings is 1. The van der Waals surface area contributed by atoms with E-state index in [-0.39, 0.29) is 12.4 Å². The predicted octanol–water partition coefficient (Wildman–Crippen LogP) is 3.11. The third kappa shape index (κ3) is 2.49. The molecule has 2 aromatic rings. The lowest BCUT2D eigenvalue weighted by Crippen LogP contribution is -2.04. The SMILES string of the molecule is COC(=O)c1cc2c(Cl)ccnc2cc1OC.Cl. The third-order valence-corrected chi connectivity index (χ3v) is 2.74. The number of carbonyl (C=O) groups excluding carboxylic acids is 1. The first-order valence-corrected chi connectivity index (χ1v) is 5.25. The monoisotopic (exact) mass is 287 g/mol. The van der Waals surface area contributed by atoms with Crippen LogP contribution >= 0.6 is 24.0 Å². The second kappa shape index (κ2) is 5.89. The quantitative estimate of drug-likeness (QED) is 0.797. The summed E-state index contributed by atoms with van der Waals surface area (Å²) in [5.41, 5.74) is 0.999. The number of rotatable bonds is 2. The summed E-state index contributed by atoms with van der Waals surface area (Å²) >= 11 is 6.04. The zero-order valence-electron chi connectivity index (χ0n) is 9.77. The maximum absolute atomic E-state index is 11.6. The molecule has 0 saturated carbocycles. The lowest BCUT2D eigenvalue weighted by molar-refractivity contribution is 0.0597. The first-order chi connectivity index (χ1) is 8.17. The normalized spacial score (nSPS) is 9.72. The van der Waals surface area contributed by atoms with Gasteiger partial charge in [-0.1, -0.05) is 11.6 Å². The van der Waals surface area contributed by atoms with Crippen molar-refractivity contribution >= 4 is 40.9 Å². The molecule has 1 aromatic heterocycles. The molecular formula is C12H11Cl2NO3. The van der Waals surface area contributed by atoms with Gasteiger partial charge in [-0.05, 0) is 12.1 Å². The number of ether oxygens (including phenoxy) is 2. The summed E-state index contributed by atoms with van der Waals surface area (Å²) in [6, 6.07) is 4.94. The van der Waals surface area contributed by atoms with Crippen molar-refractivity contribution < 1.29 is 14.3 Å². The largest absolute Gasteiger partial charge is 0.496 e. The van der Waals surface area contributed by atoms with E-state index in [1.54, 1.807) is 24.4 Å². The molecule has 2 rings (SSSR count). The van der Waals surface area contributed by atoms with Gasteiger partial charge < -0.3 is 9.47 Å². The van der Waals surface area contributed by atoms with Crippen LogP contribution in [0.1, 0.15) is 10.4 Å². The Hall–Kier alpha value is -1.52. The van der Waals surface area contributed by atoms with E-state index >= 15 is 0 Å². The maximum atomic E-state index is 11.6. The molecule has 0 aliphatic carbocycles. The predicted molar refractivity (Wildman–Crippen MR) is 71.9 cm³/mol. The second-order valence-electron chi connectivity index (χ2n) is 3.35. The van der Waals surface area contributed by atoms with Crippen LogP contribution in [0.4, 0.5) is 0 Å². The van der Waals surface area contributed by atoms with Crippen molar-refractivity contribution in [1.82, 2.24) is 4.98 Å². The molecule has 0 aliphatic heterocycles. The molecule has 1 heterocycles. The lowest BCUT2D eigenvalue weighted by atomic mass is 10.1. The van der Waals surface area contributed by atoms with E-state index in [0.717, 1.165) is 0 Å². The Morgan fingerprint density at radius 2 is 2.06 bits per heavy atom. The molecule has 0 radical (unpaired) electrons. The standard InChI is InChI=1S/C12H10ClNO3.ClH/c1-16-11-6-10-7(9(13)3-4-14-10)5-8(11)12(15)17-2;/h3-6H,1-2H3;1H. The zero-order chi connectivity index (χ0) is 12.4. The minimum atomic E-state index is -0.469. The van der Waals surface area contributed by atoms with Gasteiger partial charge in [0.05, 0.1) is 24.8 Å². The van der Waals surface area contributed by atoms with Gasteiger partial charge in [0.2, 0.25) is 0 Å². The number of carbonyl (C=O) groups is 1. The fourth-order valence-electron chi connectivity index (χ4n) is 1.58. The Morgan fingerprint density at radius 1 is 1.33 bits per heavy atom. The Balaban J connectivity index is 0.00000162. The molecule has 18 heavy (non-hydrogen) atoms. The van der Waals surface area contributed by atoms with E-state index < -0.39 is 5.97 Å². The number of methoxy groups -OCH3 is 2. The van der Waals surface area contributed by atoms with E-state index in [2.05, 4.69) is 9.72 Å². The number of fused-ring (bicyclic) bond motifs is 1. The minimum Gasteiger partial charge on any atom is -0.496 e. The van der Waals surface area contributed by atoms with Crippen LogP contribution in [-0.4, -0.2) is 25.2 Å². The smallest absolute Gasteiger partial charge is 0.341 e. The first kappa shape index (κ1) is 14.5. The molecule has 0 saturated heterocycles. The fourth-order valence-corrected chi connectivity index (χ4v) is 1.79. The fraction of sp³-hybridized carbons (Fsp3) is 0.167. The average Bonchev–Trinajstić information content (AvgIpc) is 2.37. The summed E-state index contributed by atoms with van der Waals surface area (Å²) in [4.78, 5) is 15.7. The minimum absolute atomic E-state index is 0. The Bertz CT molecular complexity index is 587. The van der Waals surface area contributed by atoms with Gasteiger partial charge in [0.25, 0.3) is 0 Å². The molecule has 0 unspecified atom stereocenters. The van der Waals surface area contributed by atoms with Crippen LogP contribution in [0.3, 0.4) is 0 Å². The van der Waals surface area contributed by atoms with Crippen molar-refractivity contribution in [2.45, 2.75) is 0 Å². The van der Waals surface area contributed by atoms with Crippen LogP contribution in [0.2, 0.25) is 5.02 Å². The number of aromatic nitrogens is 1. The lowest BCUT2D eigenvalue weighted by Gasteiger charge is -2.08. The van der Waals surface area contributed by atoms with Gasteiger partial charge in [0.1, 0.15) is 11.3 Å². The van der Waals surface area contributed by atoms with Gasteiger partial charge in [-0.2, -0.15) is 0 Å².